The van der Waals surface area contributed by atoms with Crippen LogP contribution in [0.5, 0.6) is 5.75 Å². The highest BCUT2D eigenvalue weighted by molar-refractivity contribution is 6.04. The van der Waals surface area contributed by atoms with E-state index in [2.05, 4.69) is 9.97 Å². The van der Waals surface area contributed by atoms with Crippen LogP contribution in [0, 0.1) is 6.92 Å². The zero-order valence-corrected chi connectivity index (χ0v) is 10.2. The molecule has 0 aliphatic heterocycles. The molecule has 0 bridgehead atoms. The average molecular weight is 240 g/mol. The first kappa shape index (κ1) is 10.8. The van der Waals surface area contributed by atoms with Gasteiger partial charge in [-0.25, -0.2) is 0 Å². The molecule has 0 amide bonds. The first-order valence-corrected chi connectivity index (χ1v) is 5.66. The Labute approximate surface area is 103 Å². The monoisotopic (exact) mass is 240 g/mol. The molecule has 0 radical (unpaired) electrons. The van der Waals surface area contributed by atoms with Gasteiger partial charge in [-0.3, -0.25) is 9.78 Å². The first-order chi connectivity index (χ1) is 8.70. The molecule has 0 unspecified atom stereocenters. The molecular weight excluding hydrogens is 228 g/mol. The van der Waals surface area contributed by atoms with Gasteiger partial charge < -0.3 is 9.72 Å². The number of aromatic nitrogens is 2. The summed E-state index contributed by atoms with van der Waals surface area (Å²) in [7, 11) is 1.63. The summed E-state index contributed by atoms with van der Waals surface area (Å²) in [5.41, 5.74) is 2.37. The van der Waals surface area contributed by atoms with Crippen LogP contribution in [0.2, 0.25) is 0 Å². The molecule has 18 heavy (non-hydrogen) atoms. The standard InChI is InChI=1S/C14H12N2O2/c1-8-6-9(18-2)7-11-12(8)16-14(17)10-4-3-5-15-13(10)11/h3-7H,1-2H3,(H,16,17). The third kappa shape index (κ3) is 1.46. The highest BCUT2D eigenvalue weighted by atomic mass is 16.5. The fourth-order valence-corrected chi connectivity index (χ4v) is 2.21. The van der Waals surface area contributed by atoms with E-state index in [1.807, 2.05) is 19.1 Å². The molecule has 4 heteroatoms. The quantitative estimate of drug-likeness (QED) is 0.664. The van der Waals surface area contributed by atoms with Gasteiger partial charge in [-0.15, -0.1) is 0 Å². The number of hydrogen-bond donors (Lipinski definition) is 1. The molecule has 0 aliphatic carbocycles. The number of benzene rings is 1. The van der Waals surface area contributed by atoms with E-state index in [0.29, 0.717) is 10.9 Å². The fourth-order valence-electron chi connectivity index (χ4n) is 2.21. The van der Waals surface area contributed by atoms with E-state index in [-0.39, 0.29) is 5.56 Å². The van der Waals surface area contributed by atoms with Gasteiger partial charge in [-0.05, 0) is 36.8 Å². The lowest BCUT2D eigenvalue weighted by Crippen LogP contribution is -2.07. The zero-order valence-electron chi connectivity index (χ0n) is 10.2. The SMILES string of the molecule is COc1cc(C)c2[nH]c(=O)c3cccnc3c2c1. The van der Waals surface area contributed by atoms with Crippen molar-refractivity contribution in [2.75, 3.05) is 7.11 Å². The van der Waals surface area contributed by atoms with E-state index >= 15 is 0 Å². The summed E-state index contributed by atoms with van der Waals surface area (Å²) in [4.78, 5) is 19.2. The van der Waals surface area contributed by atoms with E-state index < -0.39 is 0 Å². The topological polar surface area (TPSA) is 55.0 Å². The van der Waals surface area contributed by atoms with Gasteiger partial charge in [0.1, 0.15) is 5.75 Å². The molecule has 0 aliphatic rings. The summed E-state index contributed by atoms with van der Waals surface area (Å²) in [6.45, 7) is 1.94. The van der Waals surface area contributed by atoms with Crippen LogP contribution in [0.25, 0.3) is 21.8 Å². The highest BCUT2D eigenvalue weighted by Crippen LogP contribution is 2.26. The Balaban J connectivity index is 2.60. The molecule has 4 nitrogen and oxygen atoms in total. The Morgan fingerprint density at radius 1 is 1.28 bits per heavy atom. The summed E-state index contributed by atoms with van der Waals surface area (Å²) < 4.78 is 5.26. The number of ether oxygens (including phenoxy) is 1. The van der Waals surface area contributed by atoms with Gasteiger partial charge in [-0.1, -0.05) is 0 Å². The number of methoxy groups -OCH3 is 1. The van der Waals surface area contributed by atoms with Crippen LogP contribution in [0.1, 0.15) is 5.56 Å². The molecule has 1 aromatic carbocycles. The van der Waals surface area contributed by atoms with Gasteiger partial charge in [0.15, 0.2) is 0 Å². The third-order valence-electron chi connectivity index (χ3n) is 3.09. The number of fused-ring (bicyclic) bond motifs is 3. The van der Waals surface area contributed by atoms with Gasteiger partial charge in [-0.2, -0.15) is 0 Å². The van der Waals surface area contributed by atoms with Gasteiger partial charge in [0.2, 0.25) is 0 Å². The van der Waals surface area contributed by atoms with Crippen LogP contribution in [0.3, 0.4) is 0 Å². The smallest absolute Gasteiger partial charge is 0.257 e. The molecule has 3 aromatic rings. The zero-order chi connectivity index (χ0) is 12.7. The maximum atomic E-state index is 12.0. The summed E-state index contributed by atoms with van der Waals surface area (Å²) in [5, 5.41) is 1.50. The van der Waals surface area contributed by atoms with Gasteiger partial charge >= 0.3 is 0 Å². The maximum absolute atomic E-state index is 12.0. The summed E-state index contributed by atoms with van der Waals surface area (Å²) in [6, 6.07) is 7.33. The second kappa shape index (κ2) is 3.84. The van der Waals surface area contributed by atoms with Crippen molar-refractivity contribution in [3.63, 3.8) is 0 Å². The lowest BCUT2D eigenvalue weighted by Gasteiger charge is -2.08. The number of aromatic amines is 1. The van der Waals surface area contributed by atoms with Gasteiger partial charge in [0.25, 0.3) is 5.56 Å². The van der Waals surface area contributed by atoms with Crippen LogP contribution in [-0.2, 0) is 0 Å². The number of rotatable bonds is 1. The van der Waals surface area contributed by atoms with Crippen molar-refractivity contribution in [1.29, 1.82) is 0 Å². The summed E-state index contributed by atoms with van der Waals surface area (Å²) in [5.74, 6) is 0.763. The highest BCUT2D eigenvalue weighted by Gasteiger charge is 2.09. The summed E-state index contributed by atoms with van der Waals surface area (Å²) in [6.07, 6.45) is 1.69. The van der Waals surface area contributed by atoms with E-state index in [1.54, 1.807) is 25.4 Å². The normalized spacial score (nSPS) is 11.0. The third-order valence-corrected chi connectivity index (χ3v) is 3.09. The lowest BCUT2D eigenvalue weighted by molar-refractivity contribution is 0.415. The van der Waals surface area contributed by atoms with Crippen molar-refractivity contribution in [3.8, 4) is 5.75 Å². The van der Waals surface area contributed by atoms with Crippen LogP contribution in [0.4, 0.5) is 0 Å². The molecule has 0 saturated heterocycles. The van der Waals surface area contributed by atoms with Gasteiger partial charge in [0.05, 0.1) is 23.5 Å². The number of nitrogens with one attached hydrogen (secondary N) is 1. The second-order valence-electron chi connectivity index (χ2n) is 4.22. The predicted octanol–water partition coefficient (Wildman–Crippen LogP) is 2.39. The second-order valence-corrected chi connectivity index (χ2v) is 4.22. The largest absolute Gasteiger partial charge is 0.497 e. The molecular formula is C14H12N2O2. The fraction of sp³-hybridized carbons (Fsp3) is 0.143. The Kier molecular flexibility index (Phi) is 2.30. The maximum Gasteiger partial charge on any atom is 0.257 e. The minimum Gasteiger partial charge on any atom is -0.497 e. The molecule has 0 fully saturated rings. The van der Waals surface area contributed by atoms with Crippen molar-refractivity contribution in [1.82, 2.24) is 9.97 Å². The Morgan fingerprint density at radius 2 is 2.11 bits per heavy atom. The molecule has 2 heterocycles. The van der Waals surface area contributed by atoms with E-state index in [9.17, 15) is 4.79 Å². The van der Waals surface area contributed by atoms with Crippen molar-refractivity contribution in [2.45, 2.75) is 6.92 Å². The molecule has 90 valence electrons. The van der Waals surface area contributed by atoms with Crippen molar-refractivity contribution in [2.24, 2.45) is 0 Å². The minimum atomic E-state index is -0.112. The minimum absolute atomic E-state index is 0.112. The number of hydrogen-bond acceptors (Lipinski definition) is 3. The van der Waals surface area contributed by atoms with Crippen molar-refractivity contribution in [3.05, 3.63) is 46.4 Å². The van der Waals surface area contributed by atoms with E-state index in [4.69, 9.17) is 4.74 Å². The van der Waals surface area contributed by atoms with Crippen LogP contribution in [0.15, 0.2) is 35.3 Å². The van der Waals surface area contributed by atoms with E-state index in [0.717, 1.165) is 22.2 Å². The van der Waals surface area contributed by atoms with Crippen LogP contribution in [-0.4, -0.2) is 17.1 Å². The molecule has 2 aromatic heterocycles. The Hall–Kier alpha value is -2.36. The molecule has 0 spiro atoms. The van der Waals surface area contributed by atoms with Crippen molar-refractivity contribution < 1.29 is 4.74 Å². The molecule has 1 N–H and O–H groups in total. The van der Waals surface area contributed by atoms with Crippen LogP contribution < -0.4 is 10.3 Å². The molecule has 0 saturated carbocycles. The molecule has 3 rings (SSSR count). The number of H-pyrrole nitrogens is 1. The Bertz CT molecular complexity index is 806. The lowest BCUT2D eigenvalue weighted by atomic mass is 10.1. The van der Waals surface area contributed by atoms with E-state index in [1.165, 1.54) is 0 Å². The van der Waals surface area contributed by atoms with Gasteiger partial charge in [0, 0.05) is 11.6 Å². The average Bonchev–Trinajstić information content (AvgIpc) is 2.40. The number of pyridine rings is 2. The number of nitrogens with zero attached hydrogens (tertiary/aromatic N) is 1. The van der Waals surface area contributed by atoms with Crippen LogP contribution >= 0.6 is 0 Å². The Morgan fingerprint density at radius 3 is 2.89 bits per heavy atom. The predicted molar refractivity (Wildman–Crippen MR) is 71.2 cm³/mol. The molecule has 0 atom stereocenters. The van der Waals surface area contributed by atoms with Crippen molar-refractivity contribution >= 4 is 21.8 Å². The summed E-state index contributed by atoms with van der Waals surface area (Å²) >= 11 is 0. The number of aryl methyl sites for hydroxylation is 1. The first-order valence-electron chi connectivity index (χ1n) is 5.66.